The molecular formula is C10H17NO2. The van der Waals surface area contributed by atoms with E-state index in [1.807, 2.05) is 0 Å². The van der Waals surface area contributed by atoms with Gasteiger partial charge in [0.2, 0.25) is 0 Å². The third-order valence-corrected chi connectivity index (χ3v) is 3.55. The van der Waals surface area contributed by atoms with Gasteiger partial charge in [0, 0.05) is 19.1 Å². The largest absolute Gasteiger partial charge is 0.481 e. The predicted octanol–water partition coefficient (Wildman–Crippen LogP) is 1.19. The van der Waals surface area contributed by atoms with Crippen LogP contribution in [-0.4, -0.2) is 35.1 Å². The number of carboxylic acids is 1. The van der Waals surface area contributed by atoms with E-state index in [-0.39, 0.29) is 5.92 Å². The quantitative estimate of drug-likeness (QED) is 0.699. The van der Waals surface area contributed by atoms with Gasteiger partial charge >= 0.3 is 5.97 Å². The molecule has 0 aromatic heterocycles. The third kappa shape index (κ3) is 1.57. The van der Waals surface area contributed by atoms with Gasteiger partial charge in [-0.05, 0) is 18.8 Å². The van der Waals surface area contributed by atoms with Gasteiger partial charge in [-0.1, -0.05) is 13.3 Å². The van der Waals surface area contributed by atoms with Crippen molar-refractivity contribution in [2.75, 3.05) is 13.1 Å². The lowest BCUT2D eigenvalue weighted by Gasteiger charge is -2.34. The molecule has 1 heterocycles. The molecule has 2 aliphatic rings. The zero-order valence-corrected chi connectivity index (χ0v) is 8.07. The van der Waals surface area contributed by atoms with Crippen LogP contribution in [0.2, 0.25) is 0 Å². The summed E-state index contributed by atoms with van der Waals surface area (Å²) >= 11 is 0. The van der Waals surface area contributed by atoms with E-state index in [0.29, 0.717) is 12.0 Å². The molecule has 0 aromatic rings. The molecule has 1 saturated heterocycles. The Bertz CT molecular complexity index is 213. The number of hydrogen-bond donors (Lipinski definition) is 1. The molecule has 2 rings (SSSR count). The van der Waals surface area contributed by atoms with Crippen molar-refractivity contribution in [2.45, 2.75) is 32.2 Å². The van der Waals surface area contributed by atoms with E-state index >= 15 is 0 Å². The van der Waals surface area contributed by atoms with Gasteiger partial charge in [-0.3, -0.25) is 9.69 Å². The lowest BCUT2D eigenvalue weighted by Crippen LogP contribution is -2.38. The molecule has 0 bridgehead atoms. The summed E-state index contributed by atoms with van der Waals surface area (Å²) in [6.45, 7) is 3.82. The van der Waals surface area contributed by atoms with Crippen molar-refractivity contribution in [3.05, 3.63) is 0 Å². The minimum atomic E-state index is -0.616. The van der Waals surface area contributed by atoms with Crippen LogP contribution in [0.15, 0.2) is 0 Å². The molecule has 1 aliphatic heterocycles. The molecule has 1 saturated carbocycles. The maximum absolute atomic E-state index is 10.9. The number of carbonyl (C=O) groups is 1. The summed E-state index contributed by atoms with van der Waals surface area (Å²) < 4.78 is 0. The highest BCUT2D eigenvalue weighted by Crippen LogP contribution is 2.32. The Labute approximate surface area is 78.7 Å². The number of likely N-dealkylation sites (tertiary alicyclic amines) is 1. The molecule has 1 aliphatic carbocycles. The van der Waals surface area contributed by atoms with E-state index in [9.17, 15) is 4.79 Å². The first-order valence-corrected chi connectivity index (χ1v) is 5.15. The average Bonchev–Trinajstić information content (AvgIpc) is 2.27. The Hall–Kier alpha value is -0.570. The smallest absolute Gasteiger partial charge is 0.308 e. The van der Waals surface area contributed by atoms with Gasteiger partial charge < -0.3 is 5.11 Å². The summed E-state index contributed by atoms with van der Waals surface area (Å²) in [6, 6.07) is 0.701. The van der Waals surface area contributed by atoms with Gasteiger partial charge in [0.1, 0.15) is 0 Å². The van der Waals surface area contributed by atoms with Crippen molar-refractivity contribution >= 4 is 5.97 Å². The van der Waals surface area contributed by atoms with Crippen LogP contribution in [0.25, 0.3) is 0 Å². The fraction of sp³-hybridized carbons (Fsp3) is 0.900. The zero-order chi connectivity index (χ0) is 9.42. The second kappa shape index (κ2) is 3.29. The molecule has 13 heavy (non-hydrogen) atoms. The molecule has 74 valence electrons. The topological polar surface area (TPSA) is 40.5 Å². The first-order chi connectivity index (χ1) is 6.18. The normalized spacial score (nSPS) is 36.1. The van der Waals surface area contributed by atoms with Crippen LogP contribution in [0.1, 0.15) is 26.2 Å². The SMILES string of the molecule is C[C@@H]1CN(C2CCC2)C[C@H]1C(=O)O. The average molecular weight is 183 g/mol. The zero-order valence-electron chi connectivity index (χ0n) is 8.07. The van der Waals surface area contributed by atoms with Crippen molar-refractivity contribution in [1.29, 1.82) is 0 Å². The molecular weight excluding hydrogens is 166 g/mol. The first-order valence-electron chi connectivity index (χ1n) is 5.15. The van der Waals surface area contributed by atoms with E-state index in [0.717, 1.165) is 13.1 Å². The summed E-state index contributed by atoms with van der Waals surface area (Å²) in [5.41, 5.74) is 0. The number of hydrogen-bond acceptors (Lipinski definition) is 2. The summed E-state index contributed by atoms with van der Waals surface area (Å²) in [5, 5.41) is 8.95. The Kier molecular flexibility index (Phi) is 2.28. The van der Waals surface area contributed by atoms with Crippen LogP contribution in [-0.2, 0) is 4.79 Å². The lowest BCUT2D eigenvalue weighted by atomic mass is 9.92. The van der Waals surface area contributed by atoms with Crippen molar-refractivity contribution in [3.8, 4) is 0 Å². The minimum absolute atomic E-state index is 0.124. The molecule has 0 spiro atoms. The molecule has 0 aromatic carbocycles. The van der Waals surface area contributed by atoms with Gasteiger partial charge in [-0.15, -0.1) is 0 Å². The molecule has 3 heteroatoms. The van der Waals surface area contributed by atoms with Gasteiger partial charge in [-0.2, -0.15) is 0 Å². The van der Waals surface area contributed by atoms with Crippen molar-refractivity contribution in [3.63, 3.8) is 0 Å². The fourth-order valence-corrected chi connectivity index (χ4v) is 2.38. The molecule has 0 radical (unpaired) electrons. The van der Waals surface area contributed by atoms with Crippen LogP contribution in [0, 0.1) is 11.8 Å². The van der Waals surface area contributed by atoms with Crippen LogP contribution in [0.3, 0.4) is 0 Å². The van der Waals surface area contributed by atoms with E-state index in [1.165, 1.54) is 19.3 Å². The highest BCUT2D eigenvalue weighted by Gasteiger charge is 2.38. The Morgan fingerprint density at radius 1 is 1.38 bits per heavy atom. The van der Waals surface area contributed by atoms with Gasteiger partial charge in [0.25, 0.3) is 0 Å². The number of aliphatic carboxylic acids is 1. The summed E-state index contributed by atoms with van der Waals surface area (Å²) in [7, 11) is 0. The first kappa shape index (κ1) is 9.00. The van der Waals surface area contributed by atoms with Crippen molar-refractivity contribution < 1.29 is 9.90 Å². The molecule has 2 fully saturated rings. The molecule has 1 N–H and O–H groups in total. The highest BCUT2D eigenvalue weighted by molar-refractivity contribution is 5.71. The van der Waals surface area contributed by atoms with Crippen LogP contribution < -0.4 is 0 Å². The monoisotopic (exact) mass is 183 g/mol. The third-order valence-electron chi connectivity index (χ3n) is 3.55. The second-order valence-electron chi connectivity index (χ2n) is 4.46. The van der Waals surface area contributed by atoms with Crippen LogP contribution in [0.4, 0.5) is 0 Å². The van der Waals surface area contributed by atoms with Crippen molar-refractivity contribution in [2.24, 2.45) is 11.8 Å². The summed E-state index contributed by atoms with van der Waals surface area (Å²) in [4.78, 5) is 13.2. The number of carboxylic acid groups (broad SMARTS) is 1. The molecule has 3 nitrogen and oxygen atoms in total. The standard InChI is InChI=1S/C10H17NO2/c1-7-5-11(8-3-2-4-8)6-9(7)10(12)13/h7-9H,2-6H2,1H3,(H,12,13)/t7-,9-/m1/s1. The Morgan fingerprint density at radius 3 is 2.46 bits per heavy atom. The minimum Gasteiger partial charge on any atom is -0.481 e. The van der Waals surface area contributed by atoms with Gasteiger partial charge in [0.05, 0.1) is 5.92 Å². The van der Waals surface area contributed by atoms with E-state index in [2.05, 4.69) is 11.8 Å². The maximum Gasteiger partial charge on any atom is 0.308 e. The van der Waals surface area contributed by atoms with E-state index in [1.54, 1.807) is 0 Å². The molecule has 0 unspecified atom stereocenters. The number of nitrogens with zero attached hydrogens (tertiary/aromatic N) is 1. The summed E-state index contributed by atoms with van der Waals surface area (Å²) in [5.74, 6) is -0.409. The van der Waals surface area contributed by atoms with Crippen molar-refractivity contribution in [1.82, 2.24) is 4.90 Å². The Morgan fingerprint density at radius 2 is 2.08 bits per heavy atom. The summed E-state index contributed by atoms with van der Waals surface area (Å²) in [6.07, 6.45) is 3.88. The lowest BCUT2D eigenvalue weighted by molar-refractivity contribution is -0.142. The van der Waals surface area contributed by atoms with Gasteiger partial charge in [0.15, 0.2) is 0 Å². The molecule has 2 atom stereocenters. The van der Waals surface area contributed by atoms with Gasteiger partial charge in [-0.25, -0.2) is 0 Å². The predicted molar refractivity (Wildman–Crippen MR) is 49.5 cm³/mol. The van der Waals surface area contributed by atoms with Crippen LogP contribution in [0.5, 0.6) is 0 Å². The fourth-order valence-electron chi connectivity index (χ4n) is 2.38. The molecule has 0 amide bonds. The Balaban J connectivity index is 1.93. The highest BCUT2D eigenvalue weighted by atomic mass is 16.4. The van der Waals surface area contributed by atoms with Crippen LogP contribution >= 0.6 is 0 Å². The maximum atomic E-state index is 10.9. The van der Waals surface area contributed by atoms with E-state index in [4.69, 9.17) is 5.11 Å². The second-order valence-corrected chi connectivity index (χ2v) is 4.46. The van der Waals surface area contributed by atoms with E-state index < -0.39 is 5.97 Å². The number of rotatable bonds is 2.